The van der Waals surface area contributed by atoms with Crippen molar-refractivity contribution in [2.24, 2.45) is 0 Å². The zero-order valence-corrected chi connectivity index (χ0v) is 27.2. The van der Waals surface area contributed by atoms with Gasteiger partial charge in [0, 0.05) is 6.54 Å². The molecule has 3 aromatic heterocycles. The Hall–Kier alpha value is -4.63. The van der Waals surface area contributed by atoms with Crippen molar-refractivity contribution < 1.29 is 22.3 Å². The molecule has 1 saturated heterocycles. The summed E-state index contributed by atoms with van der Waals surface area (Å²) in [5.74, 6) is -1.82. The Kier molecular flexibility index (Phi) is 8.50. The minimum Gasteiger partial charge on any atom is -0.394 e. The summed E-state index contributed by atoms with van der Waals surface area (Å²) in [6, 6.07) is 15.1. The van der Waals surface area contributed by atoms with Gasteiger partial charge in [0.2, 0.25) is 0 Å². The molecule has 3 N–H and O–H groups in total. The molecule has 0 spiro atoms. The molecule has 0 saturated carbocycles. The number of imidazole rings is 1. The number of piperidine rings is 1. The van der Waals surface area contributed by atoms with Crippen LogP contribution in [0.2, 0.25) is 10.0 Å². The molecule has 16 heteroatoms. The van der Waals surface area contributed by atoms with Gasteiger partial charge in [-0.05, 0) is 67.8 Å². The van der Waals surface area contributed by atoms with Crippen molar-refractivity contribution in [2.75, 3.05) is 28.1 Å². The quantitative estimate of drug-likeness (QED) is 0.155. The monoisotopic (exact) mass is 710 g/mol. The van der Waals surface area contributed by atoms with E-state index in [4.69, 9.17) is 28.2 Å². The summed E-state index contributed by atoms with van der Waals surface area (Å²) in [4.78, 5) is 19.7. The lowest BCUT2D eigenvalue weighted by Crippen LogP contribution is -2.42. The maximum Gasteiger partial charge on any atom is 0.263 e. The van der Waals surface area contributed by atoms with Gasteiger partial charge in [0.25, 0.3) is 10.0 Å². The summed E-state index contributed by atoms with van der Waals surface area (Å²) in [5.41, 5.74) is 1.79. The van der Waals surface area contributed by atoms with Crippen LogP contribution in [0.15, 0.2) is 78.2 Å². The third-order valence-corrected chi connectivity index (χ3v) is 10.5. The van der Waals surface area contributed by atoms with Gasteiger partial charge < -0.3 is 15.3 Å². The number of hydrogen-bond acceptors (Lipinski definition) is 9. The number of hydrogen-bond donors (Lipinski definition) is 3. The Morgan fingerprint density at radius 1 is 0.958 bits per heavy atom. The first-order valence-corrected chi connectivity index (χ1v) is 17.1. The van der Waals surface area contributed by atoms with Crippen LogP contribution in [0.3, 0.4) is 0 Å². The second kappa shape index (κ2) is 12.8. The van der Waals surface area contributed by atoms with E-state index in [1.807, 2.05) is 18.2 Å². The highest BCUT2D eigenvalue weighted by Crippen LogP contribution is 2.35. The standard InChI is InChI=1S/C32H26Cl2F2N8O3S/c33-19-6-3-9-25(27(19)34)48(46,47)42-21-11-10-20(35)29(28(21)36)41-32-30-22(37-16-38-32)12-13-26(40-30)44-17-39-31-23(7-4-8-24(31)44)43-14-2-1-5-18(43)15-45/h3-4,6-13,16-18,42,45H,1-2,5,14-15H2,(H,37,38,41)/t18-/m1/s1. The summed E-state index contributed by atoms with van der Waals surface area (Å²) in [7, 11) is -4.41. The molecule has 48 heavy (non-hydrogen) atoms. The molecule has 4 heterocycles. The molecule has 1 aliphatic rings. The minimum atomic E-state index is -4.41. The van der Waals surface area contributed by atoms with Gasteiger partial charge in [-0.15, -0.1) is 0 Å². The fraction of sp³-hybridized carbons (Fsp3) is 0.188. The van der Waals surface area contributed by atoms with Gasteiger partial charge in [0.15, 0.2) is 11.6 Å². The van der Waals surface area contributed by atoms with Gasteiger partial charge in [0.05, 0.1) is 45.1 Å². The average Bonchev–Trinajstić information content (AvgIpc) is 3.53. The lowest BCUT2D eigenvalue weighted by Gasteiger charge is -2.36. The van der Waals surface area contributed by atoms with Crippen LogP contribution in [-0.4, -0.2) is 57.2 Å². The number of sulfonamides is 1. The highest BCUT2D eigenvalue weighted by Gasteiger charge is 2.26. The number of nitrogens with one attached hydrogen (secondary N) is 2. The molecule has 11 nitrogen and oxygen atoms in total. The highest BCUT2D eigenvalue weighted by atomic mass is 35.5. The molecular formula is C32H26Cl2F2N8O3S. The third kappa shape index (κ3) is 5.74. The van der Waals surface area contributed by atoms with E-state index in [1.54, 1.807) is 23.0 Å². The van der Waals surface area contributed by atoms with Crippen LogP contribution in [0.5, 0.6) is 0 Å². The second-order valence-corrected chi connectivity index (χ2v) is 13.5. The number of aromatic nitrogens is 5. The van der Waals surface area contributed by atoms with Gasteiger partial charge in [-0.2, -0.15) is 0 Å². The van der Waals surface area contributed by atoms with Crippen molar-refractivity contribution in [3.05, 3.63) is 95.0 Å². The second-order valence-electron chi connectivity index (χ2n) is 11.1. The van der Waals surface area contributed by atoms with Crippen LogP contribution in [0.1, 0.15) is 19.3 Å². The summed E-state index contributed by atoms with van der Waals surface area (Å²) >= 11 is 12.1. The fourth-order valence-electron chi connectivity index (χ4n) is 5.86. The lowest BCUT2D eigenvalue weighted by atomic mass is 10.0. The maximum atomic E-state index is 15.8. The molecule has 0 unspecified atom stereocenters. The molecule has 7 rings (SSSR count). The summed E-state index contributed by atoms with van der Waals surface area (Å²) in [6.07, 6.45) is 5.81. The molecule has 0 bridgehead atoms. The van der Waals surface area contributed by atoms with Crippen LogP contribution >= 0.6 is 23.2 Å². The number of rotatable bonds is 8. The van der Waals surface area contributed by atoms with Gasteiger partial charge in [0.1, 0.15) is 45.9 Å². The summed E-state index contributed by atoms with van der Waals surface area (Å²) < 4.78 is 60.9. The third-order valence-electron chi connectivity index (χ3n) is 8.20. The summed E-state index contributed by atoms with van der Waals surface area (Å²) in [6.45, 7) is 0.854. The van der Waals surface area contributed by atoms with Gasteiger partial charge in [-0.25, -0.2) is 37.1 Å². The van der Waals surface area contributed by atoms with Crippen molar-refractivity contribution in [1.82, 2.24) is 24.5 Å². The average molecular weight is 712 g/mol. The Morgan fingerprint density at radius 2 is 1.79 bits per heavy atom. The number of para-hydroxylation sites is 1. The number of fused-ring (bicyclic) bond motifs is 2. The topological polar surface area (TPSA) is 138 Å². The van der Waals surface area contributed by atoms with E-state index in [-0.39, 0.29) is 38.9 Å². The molecule has 0 amide bonds. The smallest absolute Gasteiger partial charge is 0.263 e. The maximum absolute atomic E-state index is 15.8. The number of benzene rings is 3. The summed E-state index contributed by atoms with van der Waals surface area (Å²) in [5, 5.41) is 12.4. The van der Waals surface area contributed by atoms with Crippen LogP contribution in [0.4, 0.5) is 31.7 Å². The fourth-order valence-corrected chi connectivity index (χ4v) is 7.68. The number of nitrogens with zero attached hydrogens (tertiary/aromatic N) is 6. The SMILES string of the molecule is O=S(=O)(Nc1ccc(F)c(Nc2ncnc3ccc(-n4cnc5c(N6CCCC[C@@H]6CO)cccc54)nc23)c1F)c1cccc(Cl)c1Cl. The van der Waals surface area contributed by atoms with Crippen LogP contribution < -0.4 is 14.9 Å². The zero-order valence-electron chi connectivity index (χ0n) is 24.9. The van der Waals surface area contributed by atoms with E-state index in [0.29, 0.717) is 11.3 Å². The molecule has 6 aromatic rings. The van der Waals surface area contributed by atoms with Crippen molar-refractivity contribution in [3.63, 3.8) is 0 Å². The van der Waals surface area contributed by atoms with Crippen molar-refractivity contribution in [2.45, 2.75) is 30.2 Å². The number of aliphatic hydroxyl groups excluding tert-OH is 1. The Bertz CT molecular complexity index is 2310. The van der Waals surface area contributed by atoms with E-state index in [9.17, 15) is 13.5 Å². The first-order chi connectivity index (χ1) is 23.2. The molecule has 0 radical (unpaired) electrons. The van der Waals surface area contributed by atoms with Crippen molar-refractivity contribution in [1.29, 1.82) is 0 Å². The van der Waals surface area contributed by atoms with E-state index < -0.39 is 33.0 Å². The van der Waals surface area contributed by atoms with E-state index in [0.717, 1.165) is 54.7 Å². The molecule has 1 fully saturated rings. The molecule has 246 valence electrons. The van der Waals surface area contributed by atoms with Crippen LogP contribution in [0.25, 0.3) is 27.9 Å². The van der Waals surface area contributed by atoms with E-state index >= 15 is 8.78 Å². The highest BCUT2D eigenvalue weighted by molar-refractivity contribution is 7.92. The normalized spacial score (nSPS) is 15.3. The first kappa shape index (κ1) is 31.9. The van der Waals surface area contributed by atoms with Crippen LogP contribution in [-0.2, 0) is 10.0 Å². The molecule has 3 aromatic carbocycles. The number of pyridine rings is 1. The van der Waals surface area contributed by atoms with E-state index in [1.165, 1.54) is 24.5 Å². The zero-order chi connectivity index (χ0) is 33.6. The Labute approximate surface area is 283 Å². The number of halogens is 4. The van der Waals surface area contributed by atoms with Gasteiger partial charge in [-0.1, -0.05) is 35.3 Å². The van der Waals surface area contributed by atoms with Gasteiger partial charge >= 0.3 is 0 Å². The molecular weight excluding hydrogens is 685 g/mol. The van der Waals surface area contributed by atoms with Crippen molar-refractivity contribution >= 4 is 78.2 Å². The predicted molar refractivity (Wildman–Crippen MR) is 181 cm³/mol. The Balaban J connectivity index is 1.25. The Morgan fingerprint density at radius 3 is 2.62 bits per heavy atom. The largest absolute Gasteiger partial charge is 0.394 e. The molecule has 1 atom stereocenters. The van der Waals surface area contributed by atoms with Crippen LogP contribution in [0, 0.1) is 11.6 Å². The molecule has 1 aliphatic heterocycles. The van der Waals surface area contributed by atoms with E-state index in [2.05, 4.69) is 29.9 Å². The predicted octanol–water partition coefficient (Wildman–Crippen LogP) is 6.84. The van der Waals surface area contributed by atoms with Gasteiger partial charge in [-0.3, -0.25) is 9.29 Å². The first-order valence-electron chi connectivity index (χ1n) is 14.8. The lowest BCUT2D eigenvalue weighted by molar-refractivity contribution is 0.240. The molecule has 0 aliphatic carbocycles. The minimum absolute atomic E-state index is 0.00307. The number of anilines is 4. The van der Waals surface area contributed by atoms with Crippen molar-refractivity contribution in [3.8, 4) is 5.82 Å². The number of aliphatic hydroxyl groups is 1.